The lowest BCUT2D eigenvalue weighted by molar-refractivity contribution is 0.210. The summed E-state index contributed by atoms with van der Waals surface area (Å²) in [6.07, 6.45) is 4.97. The van der Waals surface area contributed by atoms with Gasteiger partial charge in [-0.2, -0.15) is 4.98 Å². The van der Waals surface area contributed by atoms with Crippen LogP contribution in [0.4, 0.5) is 5.82 Å². The monoisotopic (exact) mass is 402 g/mol. The minimum Gasteiger partial charge on any atom is -0.383 e. The number of pyridine rings is 1. The average molecular weight is 403 g/mol. The maximum absolute atomic E-state index is 5.94. The zero-order valence-corrected chi connectivity index (χ0v) is 17.1. The van der Waals surface area contributed by atoms with Gasteiger partial charge in [-0.3, -0.25) is 0 Å². The number of halogens is 1. The minimum atomic E-state index is -0.492. The first-order valence-corrected chi connectivity index (χ1v) is 9.34. The fraction of sp³-hybridized carbons (Fsp3) is 0.421. The molecule has 0 saturated heterocycles. The van der Waals surface area contributed by atoms with E-state index in [2.05, 4.69) is 51.2 Å². The van der Waals surface area contributed by atoms with Gasteiger partial charge in [0.1, 0.15) is 16.7 Å². The Kier molecular flexibility index (Phi) is 6.21. The van der Waals surface area contributed by atoms with Crippen LogP contribution in [0.5, 0.6) is 0 Å². The lowest BCUT2D eigenvalue weighted by Gasteiger charge is -2.30. The highest BCUT2D eigenvalue weighted by molar-refractivity contribution is 6.29. The highest BCUT2D eigenvalue weighted by Gasteiger charge is 2.38. The van der Waals surface area contributed by atoms with Crippen LogP contribution in [-0.2, 0) is 10.2 Å². The summed E-state index contributed by atoms with van der Waals surface area (Å²) in [6, 6.07) is 3.70. The quantitative estimate of drug-likeness (QED) is 0.450. The molecule has 1 unspecified atom stereocenters. The van der Waals surface area contributed by atoms with E-state index >= 15 is 0 Å². The first-order chi connectivity index (χ1) is 13.4. The third-order valence-corrected chi connectivity index (χ3v) is 5.08. The van der Waals surface area contributed by atoms with Gasteiger partial charge in [-0.05, 0) is 24.5 Å². The van der Waals surface area contributed by atoms with Gasteiger partial charge in [-0.15, -0.1) is 0 Å². The SMILES string of the molecule is COCCNc1cnc(-c2nc(C(C)(c3ccc(Cl)nc3)C(C)C)no2)cn1. The van der Waals surface area contributed by atoms with Crippen LogP contribution in [0.2, 0.25) is 5.15 Å². The molecule has 0 saturated carbocycles. The largest absolute Gasteiger partial charge is 0.383 e. The van der Waals surface area contributed by atoms with Gasteiger partial charge < -0.3 is 14.6 Å². The van der Waals surface area contributed by atoms with Crippen molar-refractivity contribution in [3.8, 4) is 11.6 Å². The Balaban J connectivity index is 1.86. The summed E-state index contributed by atoms with van der Waals surface area (Å²) in [5.74, 6) is 1.73. The fourth-order valence-electron chi connectivity index (χ4n) is 2.75. The number of nitrogens with zero attached hydrogens (tertiary/aromatic N) is 5. The molecular formula is C19H23ClN6O2. The molecule has 1 atom stereocenters. The van der Waals surface area contributed by atoms with E-state index in [-0.39, 0.29) is 5.92 Å². The van der Waals surface area contributed by atoms with Crippen LogP contribution in [0.3, 0.4) is 0 Å². The van der Waals surface area contributed by atoms with Crippen molar-refractivity contribution in [1.29, 1.82) is 0 Å². The average Bonchev–Trinajstić information content (AvgIpc) is 3.19. The molecule has 9 heteroatoms. The molecule has 0 fully saturated rings. The summed E-state index contributed by atoms with van der Waals surface area (Å²) in [6.45, 7) is 7.50. The molecule has 0 spiro atoms. The summed E-state index contributed by atoms with van der Waals surface area (Å²) in [5.41, 5.74) is 0.980. The normalized spacial score (nSPS) is 13.5. The predicted molar refractivity (Wildman–Crippen MR) is 106 cm³/mol. The maximum Gasteiger partial charge on any atom is 0.278 e. The number of anilines is 1. The topological polar surface area (TPSA) is 98.8 Å². The Bertz CT molecular complexity index is 898. The zero-order valence-electron chi connectivity index (χ0n) is 16.3. The van der Waals surface area contributed by atoms with Crippen molar-refractivity contribution < 1.29 is 9.26 Å². The van der Waals surface area contributed by atoms with E-state index < -0.39 is 5.41 Å². The Morgan fingerprint density at radius 2 is 2.00 bits per heavy atom. The molecule has 0 aliphatic rings. The first-order valence-electron chi connectivity index (χ1n) is 8.96. The Labute approximate surface area is 168 Å². The third kappa shape index (κ3) is 4.13. The van der Waals surface area contributed by atoms with Gasteiger partial charge in [0.15, 0.2) is 5.82 Å². The highest BCUT2D eigenvalue weighted by Crippen LogP contribution is 2.37. The second-order valence-corrected chi connectivity index (χ2v) is 7.24. The van der Waals surface area contributed by atoms with Gasteiger partial charge in [0.25, 0.3) is 5.89 Å². The Morgan fingerprint density at radius 3 is 2.61 bits per heavy atom. The number of hydrogen-bond donors (Lipinski definition) is 1. The molecule has 0 aromatic carbocycles. The second kappa shape index (κ2) is 8.62. The molecule has 3 heterocycles. The molecule has 0 aliphatic heterocycles. The molecule has 8 nitrogen and oxygen atoms in total. The summed E-state index contributed by atoms with van der Waals surface area (Å²) >= 11 is 5.94. The Morgan fingerprint density at radius 1 is 1.18 bits per heavy atom. The summed E-state index contributed by atoms with van der Waals surface area (Å²) in [4.78, 5) is 17.5. The molecule has 0 bridgehead atoms. The van der Waals surface area contributed by atoms with E-state index in [1.54, 1.807) is 31.8 Å². The van der Waals surface area contributed by atoms with E-state index in [1.165, 1.54) is 0 Å². The van der Waals surface area contributed by atoms with E-state index in [0.29, 0.717) is 41.5 Å². The van der Waals surface area contributed by atoms with Gasteiger partial charge in [0.05, 0.1) is 24.4 Å². The molecule has 1 N–H and O–H groups in total. The zero-order chi connectivity index (χ0) is 20.1. The molecule has 0 radical (unpaired) electrons. The third-order valence-electron chi connectivity index (χ3n) is 4.86. The summed E-state index contributed by atoms with van der Waals surface area (Å²) < 4.78 is 10.5. The van der Waals surface area contributed by atoms with E-state index in [1.807, 2.05) is 6.07 Å². The van der Waals surface area contributed by atoms with Crippen molar-refractivity contribution in [2.75, 3.05) is 25.6 Å². The highest BCUT2D eigenvalue weighted by atomic mass is 35.5. The standard InChI is InChI=1S/C19H23ClN6O2/c1-12(2)19(3,13-5-6-15(20)23-9-13)18-25-17(28-26-18)14-10-24-16(11-22-14)21-7-8-27-4/h5-6,9-12H,7-8H2,1-4H3,(H,21,24). The number of rotatable bonds is 8. The van der Waals surface area contributed by atoms with Gasteiger partial charge in [0.2, 0.25) is 0 Å². The molecule has 0 aliphatic carbocycles. The molecular weight excluding hydrogens is 380 g/mol. The number of methoxy groups -OCH3 is 1. The number of ether oxygens (including phenoxy) is 1. The van der Waals surface area contributed by atoms with Crippen LogP contribution in [0.25, 0.3) is 11.6 Å². The molecule has 148 valence electrons. The van der Waals surface area contributed by atoms with Crippen LogP contribution < -0.4 is 5.32 Å². The molecule has 3 rings (SSSR count). The van der Waals surface area contributed by atoms with Gasteiger partial charge >= 0.3 is 0 Å². The van der Waals surface area contributed by atoms with Gasteiger partial charge in [0, 0.05) is 19.9 Å². The van der Waals surface area contributed by atoms with Gasteiger partial charge in [-0.1, -0.05) is 36.7 Å². The van der Waals surface area contributed by atoms with E-state index in [4.69, 9.17) is 20.9 Å². The predicted octanol–water partition coefficient (Wildman–Crippen LogP) is 3.60. The Hall–Kier alpha value is -2.58. The van der Waals surface area contributed by atoms with E-state index in [9.17, 15) is 0 Å². The molecule has 3 aromatic heterocycles. The van der Waals surface area contributed by atoms with Crippen LogP contribution in [-0.4, -0.2) is 45.4 Å². The smallest absolute Gasteiger partial charge is 0.278 e. The molecule has 0 amide bonds. The maximum atomic E-state index is 5.94. The lowest BCUT2D eigenvalue weighted by atomic mass is 9.73. The number of hydrogen-bond acceptors (Lipinski definition) is 8. The lowest BCUT2D eigenvalue weighted by Crippen LogP contribution is -2.31. The minimum absolute atomic E-state index is 0.194. The molecule has 3 aromatic rings. The van der Waals surface area contributed by atoms with Crippen molar-refractivity contribution in [3.05, 3.63) is 47.3 Å². The second-order valence-electron chi connectivity index (χ2n) is 6.86. The van der Waals surface area contributed by atoms with Crippen LogP contribution >= 0.6 is 11.6 Å². The summed E-state index contributed by atoms with van der Waals surface area (Å²) in [7, 11) is 1.65. The van der Waals surface area contributed by atoms with Crippen LogP contribution in [0.1, 0.15) is 32.2 Å². The van der Waals surface area contributed by atoms with Crippen molar-refractivity contribution in [2.45, 2.75) is 26.2 Å². The van der Waals surface area contributed by atoms with E-state index in [0.717, 1.165) is 5.56 Å². The summed E-state index contributed by atoms with van der Waals surface area (Å²) in [5, 5.41) is 7.78. The van der Waals surface area contributed by atoms with Gasteiger partial charge in [-0.25, -0.2) is 15.0 Å². The van der Waals surface area contributed by atoms with Crippen molar-refractivity contribution in [1.82, 2.24) is 25.1 Å². The number of aromatic nitrogens is 5. The molecule has 28 heavy (non-hydrogen) atoms. The van der Waals surface area contributed by atoms with Crippen molar-refractivity contribution >= 4 is 17.4 Å². The van der Waals surface area contributed by atoms with Crippen molar-refractivity contribution in [3.63, 3.8) is 0 Å². The number of nitrogens with one attached hydrogen (secondary N) is 1. The first kappa shape index (κ1) is 20.2. The fourth-order valence-corrected chi connectivity index (χ4v) is 2.86. The van der Waals surface area contributed by atoms with Crippen LogP contribution in [0.15, 0.2) is 35.2 Å². The van der Waals surface area contributed by atoms with Crippen LogP contribution in [0, 0.1) is 5.92 Å². The van der Waals surface area contributed by atoms with Crippen molar-refractivity contribution in [2.24, 2.45) is 5.92 Å².